The molecule has 0 aromatic heterocycles. The maximum Gasteiger partial charge on any atom is 0.243 e. The maximum absolute atomic E-state index is 13.6. The standard InChI is InChI=1S/C14H21FN2O2S/c1-10-6-7-12(8-13(10)15)20(18,19)17(2)14-5-3-4-11(14)9-16/h6-8,11,14H,3-5,9,16H2,1-2H3. The summed E-state index contributed by atoms with van der Waals surface area (Å²) in [6.45, 7) is 2.09. The molecule has 4 nitrogen and oxygen atoms in total. The molecule has 1 fully saturated rings. The van der Waals surface area contributed by atoms with E-state index in [1.165, 1.54) is 16.4 Å². The summed E-state index contributed by atoms with van der Waals surface area (Å²) >= 11 is 0. The molecule has 0 aliphatic heterocycles. The van der Waals surface area contributed by atoms with Crippen molar-refractivity contribution in [1.82, 2.24) is 4.31 Å². The first-order valence-electron chi connectivity index (χ1n) is 6.82. The zero-order valence-electron chi connectivity index (χ0n) is 11.8. The Hall–Kier alpha value is -0.980. The molecule has 0 amide bonds. The molecule has 1 aliphatic rings. The number of hydrogen-bond acceptors (Lipinski definition) is 3. The predicted octanol–water partition coefficient (Wildman–Crippen LogP) is 1.88. The summed E-state index contributed by atoms with van der Waals surface area (Å²) in [6.07, 6.45) is 2.74. The van der Waals surface area contributed by atoms with E-state index in [2.05, 4.69) is 0 Å². The fraction of sp³-hybridized carbons (Fsp3) is 0.571. The first kappa shape index (κ1) is 15.4. The molecular formula is C14H21FN2O2S. The number of rotatable bonds is 4. The molecule has 2 unspecified atom stereocenters. The first-order valence-corrected chi connectivity index (χ1v) is 8.26. The normalized spacial score (nSPS) is 23.4. The zero-order valence-corrected chi connectivity index (χ0v) is 12.7. The van der Waals surface area contributed by atoms with Gasteiger partial charge in [0, 0.05) is 13.1 Å². The Balaban J connectivity index is 2.31. The van der Waals surface area contributed by atoms with Crippen LogP contribution in [-0.4, -0.2) is 32.4 Å². The fourth-order valence-electron chi connectivity index (χ4n) is 2.85. The topological polar surface area (TPSA) is 63.4 Å². The Kier molecular flexibility index (Phi) is 4.46. The molecular weight excluding hydrogens is 279 g/mol. The molecule has 112 valence electrons. The SMILES string of the molecule is Cc1ccc(S(=O)(=O)N(C)C2CCCC2CN)cc1F. The molecule has 0 heterocycles. The van der Waals surface area contributed by atoms with Crippen molar-refractivity contribution in [2.75, 3.05) is 13.6 Å². The fourth-order valence-corrected chi connectivity index (χ4v) is 4.31. The van der Waals surface area contributed by atoms with Crippen LogP contribution in [0.1, 0.15) is 24.8 Å². The minimum atomic E-state index is -3.67. The number of nitrogens with two attached hydrogens (primary N) is 1. The Morgan fingerprint density at radius 2 is 2.10 bits per heavy atom. The van der Waals surface area contributed by atoms with Crippen molar-refractivity contribution in [3.05, 3.63) is 29.6 Å². The number of hydrogen-bond donors (Lipinski definition) is 1. The van der Waals surface area contributed by atoms with E-state index in [0.29, 0.717) is 12.1 Å². The van der Waals surface area contributed by atoms with Gasteiger partial charge in [-0.05, 0) is 49.9 Å². The molecule has 1 aromatic carbocycles. The van der Waals surface area contributed by atoms with Crippen molar-refractivity contribution in [2.45, 2.75) is 37.1 Å². The van der Waals surface area contributed by atoms with E-state index >= 15 is 0 Å². The molecule has 2 rings (SSSR count). The Morgan fingerprint density at radius 1 is 1.40 bits per heavy atom. The monoisotopic (exact) mass is 300 g/mol. The lowest BCUT2D eigenvalue weighted by Gasteiger charge is -2.28. The van der Waals surface area contributed by atoms with Gasteiger partial charge in [0.05, 0.1) is 4.90 Å². The summed E-state index contributed by atoms with van der Waals surface area (Å²) in [5, 5.41) is 0. The van der Waals surface area contributed by atoms with Crippen LogP contribution >= 0.6 is 0 Å². The van der Waals surface area contributed by atoms with Gasteiger partial charge in [-0.15, -0.1) is 0 Å². The van der Waals surface area contributed by atoms with Gasteiger partial charge in [0.25, 0.3) is 0 Å². The summed E-state index contributed by atoms with van der Waals surface area (Å²) in [6, 6.07) is 3.95. The Labute approximate surface area is 119 Å². The van der Waals surface area contributed by atoms with Gasteiger partial charge in [-0.25, -0.2) is 12.8 Å². The van der Waals surface area contributed by atoms with Crippen molar-refractivity contribution in [3.8, 4) is 0 Å². The Bertz CT molecular complexity index is 589. The lowest BCUT2D eigenvalue weighted by Crippen LogP contribution is -2.41. The van der Waals surface area contributed by atoms with E-state index in [1.54, 1.807) is 14.0 Å². The highest BCUT2D eigenvalue weighted by atomic mass is 32.2. The number of nitrogens with zero attached hydrogens (tertiary/aromatic N) is 1. The van der Waals surface area contributed by atoms with Crippen LogP contribution in [0.15, 0.2) is 23.1 Å². The summed E-state index contributed by atoms with van der Waals surface area (Å²) in [5.74, 6) is -0.314. The summed E-state index contributed by atoms with van der Waals surface area (Å²) in [5.41, 5.74) is 6.14. The van der Waals surface area contributed by atoms with E-state index < -0.39 is 15.8 Å². The van der Waals surface area contributed by atoms with Crippen LogP contribution in [0, 0.1) is 18.7 Å². The third-order valence-corrected chi connectivity index (χ3v) is 6.09. The second-order valence-electron chi connectivity index (χ2n) is 5.43. The highest BCUT2D eigenvalue weighted by molar-refractivity contribution is 7.89. The van der Waals surface area contributed by atoms with Gasteiger partial charge >= 0.3 is 0 Å². The van der Waals surface area contributed by atoms with E-state index in [0.717, 1.165) is 25.3 Å². The first-order chi connectivity index (χ1) is 9.37. The largest absolute Gasteiger partial charge is 0.330 e. The molecule has 0 radical (unpaired) electrons. The molecule has 6 heteroatoms. The molecule has 2 N–H and O–H groups in total. The van der Waals surface area contributed by atoms with E-state index in [1.807, 2.05) is 0 Å². The van der Waals surface area contributed by atoms with E-state index in [-0.39, 0.29) is 16.9 Å². The zero-order chi connectivity index (χ0) is 14.9. The molecule has 0 bridgehead atoms. The molecule has 20 heavy (non-hydrogen) atoms. The number of halogens is 1. The van der Waals surface area contributed by atoms with E-state index in [4.69, 9.17) is 5.73 Å². The van der Waals surface area contributed by atoms with Crippen molar-refractivity contribution in [2.24, 2.45) is 11.7 Å². The van der Waals surface area contributed by atoms with Gasteiger partial charge in [-0.3, -0.25) is 0 Å². The van der Waals surface area contributed by atoms with Crippen LogP contribution in [0.3, 0.4) is 0 Å². The maximum atomic E-state index is 13.6. The lowest BCUT2D eigenvalue weighted by atomic mass is 10.0. The van der Waals surface area contributed by atoms with E-state index in [9.17, 15) is 12.8 Å². The van der Waals surface area contributed by atoms with Crippen LogP contribution in [0.4, 0.5) is 4.39 Å². The third-order valence-electron chi connectivity index (χ3n) is 4.21. The Morgan fingerprint density at radius 3 is 2.70 bits per heavy atom. The van der Waals surface area contributed by atoms with Crippen molar-refractivity contribution in [3.63, 3.8) is 0 Å². The van der Waals surface area contributed by atoms with Crippen molar-refractivity contribution in [1.29, 1.82) is 0 Å². The summed E-state index contributed by atoms with van der Waals surface area (Å²) in [7, 11) is -2.11. The van der Waals surface area contributed by atoms with Crippen LogP contribution in [0.2, 0.25) is 0 Å². The number of benzene rings is 1. The molecule has 2 atom stereocenters. The molecule has 1 aliphatic carbocycles. The quantitative estimate of drug-likeness (QED) is 0.923. The van der Waals surface area contributed by atoms with Crippen molar-refractivity contribution < 1.29 is 12.8 Å². The van der Waals surface area contributed by atoms with Crippen LogP contribution in [-0.2, 0) is 10.0 Å². The van der Waals surface area contributed by atoms with Gasteiger partial charge in [0.15, 0.2) is 0 Å². The second-order valence-corrected chi connectivity index (χ2v) is 7.42. The average molecular weight is 300 g/mol. The van der Waals surface area contributed by atoms with Gasteiger partial charge in [0.1, 0.15) is 5.82 Å². The van der Waals surface area contributed by atoms with Gasteiger partial charge in [0.2, 0.25) is 10.0 Å². The molecule has 1 saturated carbocycles. The van der Waals surface area contributed by atoms with Gasteiger partial charge < -0.3 is 5.73 Å². The minimum Gasteiger partial charge on any atom is -0.330 e. The summed E-state index contributed by atoms with van der Waals surface area (Å²) < 4.78 is 40.1. The minimum absolute atomic E-state index is 0.00534. The van der Waals surface area contributed by atoms with Gasteiger partial charge in [-0.1, -0.05) is 12.5 Å². The third kappa shape index (κ3) is 2.73. The number of aryl methyl sites for hydroxylation is 1. The van der Waals surface area contributed by atoms with Gasteiger partial charge in [-0.2, -0.15) is 4.31 Å². The lowest BCUT2D eigenvalue weighted by molar-refractivity contribution is 0.304. The molecule has 0 spiro atoms. The summed E-state index contributed by atoms with van der Waals surface area (Å²) in [4.78, 5) is 0.00534. The highest BCUT2D eigenvalue weighted by Crippen LogP contribution is 2.32. The average Bonchev–Trinajstić information content (AvgIpc) is 2.88. The second kappa shape index (κ2) is 5.79. The highest BCUT2D eigenvalue weighted by Gasteiger charge is 2.36. The smallest absolute Gasteiger partial charge is 0.243 e. The van der Waals surface area contributed by atoms with Crippen LogP contribution < -0.4 is 5.73 Å². The molecule has 1 aromatic rings. The molecule has 0 saturated heterocycles. The van der Waals surface area contributed by atoms with Crippen LogP contribution in [0.5, 0.6) is 0 Å². The predicted molar refractivity (Wildman–Crippen MR) is 76.3 cm³/mol. The number of sulfonamides is 1. The van der Waals surface area contributed by atoms with Crippen molar-refractivity contribution >= 4 is 10.0 Å². The van der Waals surface area contributed by atoms with Crippen LogP contribution in [0.25, 0.3) is 0 Å².